The lowest BCUT2D eigenvalue weighted by Gasteiger charge is -2.34. The van der Waals surface area contributed by atoms with E-state index in [0.29, 0.717) is 18.8 Å². The van der Waals surface area contributed by atoms with Gasteiger partial charge in [0, 0.05) is 46.3 Å². The molecule has 0 radical (unpaired) electrons. The van der Waals surface area contributed by atoms with E-state index in [1.54, 1.807) is 24.1 Å². The number of hydrogen-bond donors (Lipinski definition) is 1. The number of β-amino-alcohol motifs (C(OH)–C–C–N with tert-alkyl or cyclic N) is 1. The van der Waals surface area contributed by atoms with Crippen LogP contribution in [0.15, 0.2) is 18.2 Å². The highest BCUT2D eigenvalue weighted by molar-refractivity contribution is 5.59. The number of likely N-dealkylation sites (N-methyl/N-ethyl adjacent to an activating group) is 2. The molecule has 1 unspecified atom stereocenters. The molecule has 1 heterocycles. The molecular weight excluding hydrogens is 283 g/mol. The van der Waals surface area contributed by atoms with Crippen molar-refractivity contribution in [1.29, 1.82) is 5.26 Å². The first-order valence-electron chi connectivity index (χ1n) is 7.50. The molecular formula is C16H23FN4O. The Morgan fingerprint density at radius 2 is 2.05 bits per heavy atom. The van der Waals surface area contributed by atoms with Crippen LogP contribution >= 0.6 is 0 Å². The van der Waals surface area contributed by atoms with Crippen LogP contribution in [0.4, 0.5) is 10.1 Å². The highest BCUT2D eigenvalue weighted by atomic mass is 19.1. The van der Waals surface area contributed by atoms with Gasteiger partial charge in [0.1, 0.15) is 17.4 Å². The van der Waals surface area contributed by atoms with E-state index in [4.69, 9.17) is 5.26 Å². The van der Waals surface area contributed by atoms with E-state index in [1.807, 2.05) is 6.07 Å². The number of aliphatic hydroxyl groups excluding tert-OH is 1. The molecule has 1 saturated heterocycles. The molecule has 1 N–H and O–H groups in total. The molecule has 1 aromatic rings. The zero-order valence-electron chi connectivity index (χ0n) is 13.2. The van der Waals surface area contributed by atoms with Gasteiger partial charge in [-0.05, 0) is 19.2 Å². The number of piperazine rings is 1. The van der Waals surface area contributed by atoms with Gasteiger partial charge in [0.15, 0.2) is 0 Å². The molecule has 1 fully saturated rings. The van der Waals surface area contributed by atoms with Gasteiger partial charge in [-0.1, -0.05) is 6.07 Å². The average Bonchev–Trinajstić information content (AvgIpc) is 2.49. The van der Waals surface area contributed by atoms with Gasteiger partial charge in [-0.2, -0.15) is 5.26 Å². The van der Waals surface area contributed by atoms with Crippen molar-refractivity contribution in [1.82, 2.24) is 9.80 Å². The maximum atomic E-state index is 13.6. The first-order valence-corrected chi connectivity index (χ1v) is 7.50. The first kappa shape index (κ1) is 16.7. The van der Waals surface area contributed by atoms with Crippen LogP contribution in [0, 0.1) is 17.1 Å². The Labute approximate surface area is 131 Å². The Morgan fingerprint density at radius 3 is 2.68 bits per heavy atom. The normalized spacial score (nSPS) is 18.0. The molecule has 1 atom stereocenters. The van der Waals surface area contributed by atoms with Crippen LogP contribution in [0.5, 0.6) is 0 Å². The minimum Gasteiger partial charge on any atom is -0.390 e. The minimum atomic E-state index is -0.539. The number of anilines is 1. The highest BCUT2D eigenvalue weighted by Gasteiger charge is 2.19. The third-order valence-corrected chi connectivity index (χ3v) is 4.06. The zero-order valence-corrected chi connectivity index (χ0v) is 13.2. The summed E-state index contributed by atoms with van der Waals surface area (Å²) in [5, 5.41) is 19.3. The smallest absolute Gasteiger partial charge is 0.143 e. The summed E-state index contributed by atoms with van der Waals surface area (Å²) in [5.74, 6) is -0.527. The zero-order chi connectivity index (χ0) is 16.1. The average molecular weight is 306 g/mol. The van der Waals surface area contributed by atoms with E-state index < -0.39 is 11.9 Å². The van der Waals surface area contributed by atoms with Gasteiger partial charge < -0.3 is 14.9 Å². The summed E-state index contributed by atoms with van der Waals surface area (Å²) in [6, 6.07) is 6.44. The molecule has 1 aromatic carbocycles. The topological polar surface area (TPSA) is 53.7 Å². The number of hydrogen-bond acceptors (Lipinski definition) is 5. The summed E-state index contributed by atoms with van der Waals surface area (Å²) in [7, 11) is 3.86. The standard InChI is InChI=1S/C16H23FN4O/c1-19-6-8-21(9-7-19)12-13(22)11-20(2)16-5-3-4-15(17)14(16)10-18/h3-5,13,22H,6-9,11-12H2,1-2H3. The molecule has 2 rings (SSSR count). The fraction of sp³-hybridized carbons (Fsp3) is 0.562. The van der Waals surface area contributed by atoms with Crippen LogP contribution < -0.4 is 4.90 Å². The van der Waals surface area contributed by atoms with Crippen LogP contribution in [0.3, 0.4) is 0 Å². The summed E-state index contributed by atoms with van der Waals surface area (Å²) in [6.07, 6.45) is -0.539. The van der Waals surface area contributed by atoms with Crippen LogP contribution in [-0.2, 0) is 0 Å². The van der Waals surface area contributed by atoms with Gasteiger partial charge in [0.25, 0.3) is 0 Å². The maximum absolute atomic E-state index is 13.6. The molecule has 0 amide bonds. The molecule has 0 aromatic heterocycles. The van der Waals surface area contributed by atoms with Crippen LogP contribution in [0.1, 0.15) is 5.56 Å². The Morgan fingerprint density at radius 1 is 1.36 bits per heavy atom. The largest absolute Gasteiger partial charge is 0.390 e. The van der Waals surface area contributed by atoms with Crippen molar-refractivity contribution in [2.75, 3.05) is 58.3 Å². The van der Waals surface area contributed by atoms with Gasteiger partial charge >= 0.3 is 0 Å². The summed E-state index contributed by atoms with van der Waals surface area (Å²) >= 11 is 0. The fourth-order valence-electron chi connectivity index (χ4n) is 2.74. The second-order valence-electron chi connectivity index (χ2n) is 5.88. The molecule has 0 spiro atoms. The van der Waals surface area contributed by atoms with Crippen LogP contribution in [-0.4, -0.2) is 74.4 Å². The summed E-state index contributed by atoms with van der Waals surface area (Å²) in [4.78, 5) is 6.23. The number of nitrogens with zero attached hydrogens (tertiary/aromatic N) is 4. The van der Waals surface area contributed by atoms with Gasteiger partial charge in [0.2, 0.25) is 0 Å². The van der Waals surface area contributed by atoms with Crippen molar-refractivity contribution in [3.8, 4) is 6.07 Å². The van der Waals surface area contributed by atoms with Gasteiger partial charge in [0.05, 0.1) is 11.8 Å². The van der Waals surface area contributed by atoms with Crippen molar-refractivity contribution >= 4 is 5.69 Å². The summed E-state index contributed by atoms with van der Waals surface area (Å²) < 4.78 is 13.6. The van der Waals surface area contributed by atoms with Crippen molar-refractivity contribution in [2.45, 2.75) is 6.10 Å². The van der Waals surface area contributed by atoms with E-state index in [2.05, 4.69) is 16.8 Å². The van der Waals surface area contributed by atoms with E-state index in [9.17, 15) is 9.50 Å². The van der Waals surface area contributed by atoms with Crippen molar-refractivity contribution in [2.24, 2.45) is 0 Å². The minimum absolute atomic E-state index is 0.0248. The molecule has 1 aliphatic heterocycles. The van der Waals surface area contributed by atoms with Crippen LogP contribution in [0.2, 0.25) is 0 Å². The molecule has 0 bridgehead atoms. The summed E-state index contributed by atoms with van der Waals surface area (Å²) in [6.45, 7) is 4.86. The number of nitriles is 1. The molecule has 0 aliphatic carbocycles. The van der Waals surface area contributed by atoms with E-state index in [-0.39, 0.29) is 5.56 Å². The molecule has 5 nitrogen and oxygen atoms in total. The quantitative estimate of drug-likeness (QED) is 0.870. The number of halogens is 1. The van der Waals surface area contributed by atoms with E-state index in [1.165, 1.54) is 6.07 Å². The van der Waals surface area contributed by atoms with E-state index in [0.717, 1.165) is 26.2 Å². The number of aliphatic hydroxyl groups is 1. The molecule has 0 saturated carbocycles. The summed E-state index contributed by atoms with van der Waals surface area (Å²) in [5.41, 5.74) is 0.539. The van der Waals surface area contributed by atoms with Crippen molar-refractivity contribution in [3.63, 3.8) is 0 Å². The number of benzene rings is 1. The second-order valence-corrected chi connectivity index (χ2v) is 5.88. The lowest BCUT2D eigenvalue weighted by atomic mass is 10.1. The Balaban J connectivity index is 1.93. The Hall–Kier alpha value is -1.68. The number of rotatable bonds is 5. The van der Waals surface area contributed by atoms with E-state index >= 15 is 0 Å². The molecule has 1 aliphatic rings. The highest BCUT2D eigenvalue weighted by Crippen LogP contribution is 2.21. The van der Waals surface area contributed by atoms with Gasteiger partial charge in [-0.15, -0.1) is 0 Å². The maximum Gasteiger partial charge on any atom is 0.143 e. The molecule has 6 heteroatoms. The molecule has 120 valence electrons. The SMILES string of the molecule is CN1CCN(CC(O)CN(C)c2cccc(F)c2C#N)CC1. The Kier molecular flexibility index (Phi) is 5.72. The van der Waals surface area contributed by atoms with Gasteiger partial charge in [-0.3, -0.25) is 4.90 Å². The first-order chi connectivity index (χ1) is 10.5. The second kappa shape index (κ2) is 7.54. The fourth-order valence-corrected chi connectivity index (χ4v) is 2.74. The lowest BCUT2D eigenvalue weighted by Crippen LogP contribution is -2.48. The monoisotopic (exact) mass is 306 g/mol. The van der Waals surface area contributed by atoms with Crippen molar-refractivity contribution < 1.29 is 9.50 Å². The van der Waals surface area contributed by atoms with Crippen molar-refractivity contribution in [3.05, 3.63) is 29.6 Å². The predicted octanol–water partition coefficient (Wildman–Crippen LogP) is 0.742. The van der Waals surface area contributed by atoms with Gasteiger partial charge in [-0.25, -0.2) is 4.39 Å². The third-order valence-electron chi connectivity index (χ3n) is 4.06. The van der Waals surface area contributed by atoms with Crippen LogP contribution in [0.25, 0.3) is 0 Å². The predicted molar refractivity (Wildman–Crippen MR) is 84.3 cm³/mol. The lowest BCUT2D eigenvalue weighted by molar-refractivity contribution is 0.0843. The Bertz CT molecular complexity index is 537. The third kappa shape index (κ3) is 4.17. The molecule has 22 heavy (non-hydrogen) atoms.